The molecule has 0 saturated carbocycles. The van der Waals surface area contributed by atoms with E-state index in [0.29, 0.717) is 28.9 Å². The highest BCUT2D eigenvalue weighted by molar-refractivity contribution is 5.92. The highest BCUT2D eigenvalue weighted by Crippen LogP contribution is 2.26. The van der Waals surface area contributed by atoms with Crippen LogP contribution >= 0.6 is 0 Å². The molecular weight excluding hydrogens is 311 g/mol. The maximum Gasteiger partial charge on any atom is 0.293 e. The second-order valence-corrected chi connectivity index (χ2v) is 4.98. The van der Waals surface area contributed by atoms with E-state index >= 15 is 0 Å². The monoisotopic (exact) mass is 324 g/mol. The molecule has 3 N–H and O–H groups in total. The van der Waals surface area contributed by atoms with Gasteiger partial charge in [-0.05, 0) is 29.2 Å². The summed E-state index contributed by atoms with van der Waals surface area (Å²) < 4.78 is 18.9. The second kappa shape index (κ2) is 6.79. The van der Waals surface area contributed by atoms with E-state index in [9.17, 15) is 9.18 Å². The second-order valence-electron chi connectivity index (χ2n) is 4.98. The fourth-order valence-electron chi connectivity index (χ4n) is 2.25. The molecule has 24 heavy (non-hydrogen) atoms. The number of halogens is 1. The fraction of sp³-hybridized carbons (Fsp3) is 0.118. The Kier molecular flexibility index (Phi) is 4.38. The van der Waals surface area contributed by atoms with Crippen molar-refractivity contribution in [3.05, 3.63) is 53.7 Å². The molecule has 1 aromatic carbocycles. The Morgan fingerprint density at radius 1 is 1.38 bits per heavy atom. The van der Waals surface area contributed by atoms with Crippen LogP contribution in [0.3, 0.4) is 0 Å². The first-order valence-electron chi connectivity index (χ1n) is 7.10. The molecule has 2 aromatic heterocycles. The van der Waals surface area contributed by atoms with Crippen LogP contribution < -0.4 is 10.5 Å². The first-order chi connectivity index (χ1) is 11.6. The van der Waals surface area contributed by atoms with Crippen molar-refractivity contribution in [1.82, 2.24) is 15.0 Å². The third kappa shape index (κ3) is 3.50. The third-order valence-electron chi connectivity index (χ3n) is 3.27. The number of carbonyl (C=O) groups is 1. The number of rotatable bonds is 4. The summed E-state index contributed by atoms with van der Waals surface area (Å²) in [6.45, 7) is 0.168. The molecule has 0 unspecified atom stereocenters. The van der Waals surface area contributed by atoms with Crippen molar-refractivity contribution in [2.45, 2.75) is 13.0 Å². The van der Waals surface area contributed by atoms with Crippen molar-refractivity contribution in [3.63, 3.8) is 0 Å². The molecule has 0 saturated heterocycles. The Balaban J connectivity index is 1.86. The molecule has 1 amide bonds. The van der Waals surface area contributed by atoms with Crippen LogP contribution in [0.25, 0.3) is 11.0 Å². The largest absolute Gasteiger partial charge is 0.472 e. The summed E-state index contributed by atoms with van der Waals surface area (Å²) in [6.07, 6.45) is 3.40. The van der Waals surface area contributed by atoms with Gasteiger partial charge in [-0.3, -0.25) is 4.79 Å². The first kappa shape index (κ1) is 15.5. The molecule has 0 radical (unpaired) electrons. The SMILES string of the molecule is NC(=O)C#CCc1c[nH]c2ncnc(OCc3cccc(F)c3)c12. The molecule has 3 aromatic rings. The molecule has 3 rings (SSSR count). The molecule has 0 aliphatic rings. The number of nitrogens with one attached hydrogen (secondary N) is 1. The average molecular weight is 324 g/mol. The number of amides is 1. The predicted octanol–water partition coefficient (Wildman–Crippen LogP) is 1.71. The molecule has 6 nitrogen and oxygen atoms in total. The van der Waals surface area contributed by atoms with Gasteiger partial charge >= 0.3 is 0 Å². The summed E-state index contributed by atoms with van der Waals surface area (Å²) in [5.74, 6) is 4.32. The van der Waals surface area contributed by atoms with Crippen LogP contribution in [0.5, 0.6) is 5.88 Å². The number of hydrogen-bond donors (Lipinski definition) is 2. The van der Waals surface area contributed by atoms with Gasteiger partial charge in [-0.2, -0.15) is 0 Å². The Morgan fingerprint density at radius 3 is 3.04 bits per heavy atom. The van der Waals surface area contributed by atoms with Crippen LogP contribution in [-0.4, -0.2) is 20.9 Å². The smallest absolute Gasteiger partial charge is 0.293 e. The molecule has 0 spiro atoms. The van der Waals surface area contributed by atoms with Crippen molar-refractivity contribution in [3.8, 4) is 17.7 Å². The van der Waals surface area contributed by atoms with E-state index in [1.54, 1.807) is 18.3 Å². The van der Waals surface area contributed by atoms with Gasteiger partial charge in [-0.25, -0.2) is 14.4 Å². The maximum atomic E-state index is 13.2. The number of nitrogens with two attached hydrogens (primary N) is 1. The quantitative estimate of drug-likeness (QED) is 0.714. The number of aromatic amines is 1. The van der Waals surface area contributed by atoms with Gasteiger partial charge in [-0.1, -0.05) is 18.1 Å². The maximum absolute atomic E-state index is 13.2. The van der Waals surface area contributed by atoms with E-state index in [1.807, 2.05) is 0 Å². The molecule has 0 bridgehead atoms. The van der Waals surface area contributed by atoms with Crippen LogP contribution in [0.2, 0.25) is 0 Å². The summed E-state index contributed by atoms with van der Waals surface area (Å²) in [4.78, 5) is 22.0. The Bertz CT molecular complexity index is 956. The first-order valence-corrected chi connectivity index (χ1v) is 7.10. The summed E-state index contributed by atoms with van der Waals surface area (Å²) in [7, 11) is 0. The number of H-pyrrole nitrogens is 1. The third-order valence-corrected chi connectivity index (χ3v) is 3.27. The Morgan fingerprint density at radius 2 is 2.25 bits per heavy atom. The lowest BCUT2D eigenvalue weighted by molar-refractivity contribution is -0.112. The lowest BCUT2D eigenvalue weighted by Gasteiger charge is -2.07. The van der Waals surface area contributed by atoms with Gasteiger partial charge in [0.2, 0.25) is 5.88 Å². The van der Waals surface area contributed by atoms with E-state index in [2.05, 4.69) is 26.8 Å². The van der Waals surface area contributed by atoms with Crippen molar-refractivity contribution in [2.24, 2.45) is 5.73 Å². The fourth-order valence-corrected chi connectivity index (χ4v) is 2.25. The van der Waals surface area contributed by atoms with Crippen molar-refractivity contribution in [2.75, 3.05) is 0 Å². The zero-order chi connectivity index (χ0) is 16.9. The Labute approximate surface area is 136 Å². The number of aromatic nitrogens is 3. The summed E-state index contributed by atoms with van der Waals surface area (Å²) in [5, 5.41) is 0.674. The number of fused-ring (bicyclic) bond motifs is 1. The minimum Gasteiger partial charge on any atom is -0.472 e. The van der Waals surface area contributed by atoms with E-state index in [4.69, 9.17) is 10.5 Å². The number of ether oxygens (including phenoxy) is 1. The van der Waals surface area contributed by atoms with E-state index in [1.165, 1.54) is 18.5 Å². The topological polar surface area (TPSA) is 93.9 Å². The molecule has 7 heteroatoms. The van der Waals surface area contributed by atoms with Gasteiger partial charge in [-0.15, -0.1) is 0 Å². The van der Waals surface area contributed by atoms with Gasteiger partial charge in [0.25, 0.3) is 5.91 Å². The minimum absolute atomic E-state index is 0.168. The predicted molar refractivity (Wildman–Crippen MR) is 85.3 cm³/mol. The number of hydrogen-bond acceptors (Lipinski definition) is 4. The molecule has 0 aliphatic carbocycles. The van der Waals surface area contributed by atoms with Crippen molar-refractivity contribution in [1.29, 1.82) is 0 Å². The van der Waals surface area contributed by atoms with Gasteiger partial charge in [0.15, 0.2) is 0 Å². The highest BCUT2D eigenvalue weighted by Gasteiger charge is 2.12. The number of benzene rings is 1. The number of primary amides is 1. The molecule has 0 atom stereocenters. The lowest BCUT2D eigenvalue weighted by Crippen LogP contribution is -2.06. The summed E-state index contributed by atoms with van der Waals surface area (Å²) >= 11 is 0. The van der Waals surface area contributed by atoms with Crippen LogP contribution in [0.15, 0.2) is 36.8 Å². The van der Waals surface area contributed by atoms with Gasteiger partial charge < -0.3 is 15.5 Å². The van der Waals surface area contributed by atoms with E-state index in [0.717, 1.165) is 5.56 Å². The van der Waals surface area contributed by atoms with E-state index in [-0.39, 0.29) is 12.4 Å². The van der Waals surface area contributed by atoms with Crippen LogP contribution in [0, 0.1) is 17.7 Å². The van der Waals surface area contributed by atoms with Crippen molar-refractivity contribution < 1.29 is 13.9 Å². The van der Waals surface area contributed by atoms with Crippen LogP contribution in [-0.2, 0) is 17.8 Å². The molecular formula is C17H13FN4O2. The molecule has 2 heterocycles. The average Bonchev–Trinajstić information content (AvgIpc) is 2.97. The standard InChI is InChI=1S/C17H13FN4O2/c18-13-5-1-3-11(7-13)9-24-17-15-12(4-2-6-14(19)23)8-20-16(15)21-10-22-17/h1,3,5,7-8,10H,4,9H2,(H2,19,23)(H,20,21,22). The summed E-state index contributed by atoms with van der Waals surface area (Å²) in [6, 6.07) is 6.14. The van der Waals surface area contributed by atoms with Crippen molar-refractivity contribution >= 4 is 16.9 Å². The number of carbonyl (C=O) groups excluding carboxylic acids is 1. The Hall–Kier alpha value is -3.40. The molecule has 0 fully saturated rings. The van der Waals surface area contributed by atoms with Gasteiger partial charge in [0.05, 0.1) is 5.39 Å². The lowest BCUT2D eigenvalue weighted by atomic mass is 10.2. The molecule has 120 valence electrons. The molecule has 0 aliphatic heterocycles. The van der Waals surface area contributed by atoms with Gasteiger partial charge in [0.1, 0.15) is 24.4 Å². The minimum atomic E-state index is -0.686. The normalized spacial score (nSPS) is 10.2. The number of nitrogens with zero attached hydrogens (tertiary/aromatic N) is 2. The van der Waals surface area contributed by atoms with Crippen LogP contribution in [0.4, 0.5) is 4.39 Å². The van der Waals surface area contributed by atoms with Gasteiger partial charge in [0, 0.05) is 12.6 Å². The zero-order valence-electron chi connectivity index (χ0n) is 12.5. The highest BCUT2D eigenvalue weighted by atomic mass is 19.1. The zero-order valence-corrected chi connectivity index (χ0v) is 12.5. The van der Waals surface area contributed by atoms with Crippen LogP contribution in [0.1, 0.15) is 11.1 Å². The summed E-state index contributed by atoms with van der Waals surface area (Å²) in [5.41, 5.74) is 7.06. The van der Waals surface area contributed by atoms with E-state index < -0.39 is 5.91 Å².